The van der Waals surface area contributed by atoms with Crippen LogP contribution in [0, 0.1) is 0 Å². The van der Waals surface area contributed by atoms with Gasteiger partial charge < -0.3 is 15.4 Å². The highest BCUT2D eigenvalue weighted by molar-refractivity contribution is 5.12. The van der Waals surface area contributed by atoms with E-state index in [2.05, 4.69) is 15.3 Å². The van der Waals surface area contributed by atoms with E-state index in [0.29, 0.717) is 5.56 Å². The minimum Gasteiger partial charge on any atom is -0.395 e. The van der Waals surface area contributed by atoms with E-state index in [9.17, 15) is 9.59 Å². The monoisotopic (exact) mass is 211 g/mol. The van der Waals surface area contributed by atoms with Crippen LogP contribution >= 0.6 is 0 Å². The molecule has 1 aliphatic rings. The molecule has 0 aromatic carbocycles. The summed E-state index contributed by atoms with van der Waals surface area (Å²) in [5.41, 5.74) is -0.346. The van der Waals surface area contributed by atoms with Crippen molar-refractivity contribution in [3.05, 3.63) is 32.6 Å². The highest BCUT2D eigenvalue weighted by Crippen LogP contribution is 2.23. The van der Waals surface area contributed by atoms with Crippen LogP contribution in [-0.4, -0.2) is 27.7 Å². The van der Waals surface area contributed by atoms with E-state index in [4.69, 9.17) is 5.11 Å². The molecule has 1 saturated heterocycles. The highest BCUT2D eigenvalue weighted by Gasteiger charge is 2.26. The molecular formula is C9H13N3O3. The highest BCUT2D eigenvalue weighted by atomic mass is 16.3. The fourth-order valence-electron chi connectivity index (χ4n) is 1.89. The van der Waals surface area contributed by atoms with Gasteiger partial charge in [-0.1, -0.05) is 0 Å². The van der Waals surface area contributed by atoms with E-state index >= 15 is 0 Å². The molecule has 6 nitrogen and oxygen atoms in total. The van der Waals surface area contributed by atoms with Gasteiger partial charge in [0.1, 0.15) is 0 Å². The van der Waals surface area contributed by atoms with Gasteiger partial charge in [-0.2, -0.15) is 0 Å². The number of hydrogen-bond acceptors (Lipinski definition) is 4. The van der Waals surface area contributed by atoms with E-state index in [1.807, 2.05) is 0 Å². The molecule has 1 aliphatic heterocycles. The van der Waals surface area contributed by atoms with Crippen molar-refractivity contribution < 1.29 is 5.11 Å². The Hall–Kier alpha value is -1.40. The van der Waals surface area contributed by atoms with Gasteiger partial charge in [-0.15, -0.1) is 0 Å². The number of hydrogen-bond donors (Lipinski definition) is 4. The van der Waals surface area contributed by atoms with Gasteiger partial charge in [0.2, 0.25) is 0 Å². The number of nitrogens with one attached hydrogen (secondary N) is 3. The van der Waals surface area contributed by atoms with Gasteiger partial charge in [-0.3, -0.25) is 9.78 Å². The second-order valence-electron chi connectivity index (χ2n) is 3.70. The predicted molar refractivity (Wildman–Crippen MR) is 53.7 cm³/mol. The largest absolute Gasteiger partial charge is 0.395 e. The molecular weight excluding hydrogens is 198 g/mol. The molecule has 1 aromatic rings. The Bertz CT molecular complexity index is 450. The van der Waals surface area contributed by atoms with Gasteiger partial charge >= 0.3 is 5.69 Å². The first kappa shape index (κ1) is 10.1. The van der Waals surface area contributed by atoms with Crippen molar-refractivity contribution in [2.45, 2.75) is 24.9 Å². The standard InChI is InChI=1S/C9H13N3O3/c13-4-5-1-2-7(11-5)6-3-10-9(15)12-8(6)14/h3,5,7,11,13H,1-2,4H2,(H2,10,12,14,15)/t5-,7+/m0/s1. The van der Waals surface area contributed by atoms with Crippen LogP contribution in [0.3, 0.4) is 0 Å². The van der Waals surface area contributed by atoms with Crippen LogP contribution in [0.5, 0.6) is 0 Å². The Morgan fingerprint density at radius 2 is 2.20 bits per heavy atom. The summed E-state index contributed by atoms with van der Waals surface area (Å²) in [4.78, 5) is 26.9. The minimum absolute atomic E-state index is 0.0429. The molecule has 0 aliphatic carbocycles. The smallest absolute Gasteiger partial charge is 0.325 e. The number of aliphatic hydroxyl groups excluding tert-OH is 1. The summed E-state index contributed by atoms with van der Waals surface area (Å²) in [6.07, 6.45) is 3.05. The summed E-state index contributed by atoms with van der Waals surface area (Å²) < 4.78 is 0. The Kier molecular flexibility index (Phi) is 2.70. The molecule has 0 radical (unpaired) electrons. The number of rotatable bonds is 2. The maximum absolute atomic E-state index is 11.4. The van der Waals surface area contributed by atoms with Crippen molar-refractivity contribution in [3.63, 3.8) is 0 Å². The Morgan fingerprint density at radius 1 is 1.40 bits per heavy atom. The van der Waals surface area contributed by atoms with Crippen LogP contribution in [0.1, 0.15) is 24.4 Å². The number of H-pyrrole nitrogens is 2. The zero-order valence-corrected chi connectivity index (χ0v) is 8.12. The molecule has 2 rings (SSSR count). The van der Waals surface area contributed by atoms with E-state index in [1.165, 1.54) is 6.20 Å². The van der Waals surface area contributed by atoms with Crippen molar-refractivity contribution in [3.8, 4) is 0 Å². The summed E-state index contributed by atoms with van der Waals surface area (Å²) in [6.45, 7) is 0.0672. The molecule has 0 saturated carbocycles. The molecule has 4 N–H and O–H groups in total. The SMILES string of the molecule is O=c1[nH]cc([C@H]2CC[C@@H](CO)N2)c(=O)[nH]1. The molecule has 1 fully saturated rings. The lowest BCUT2D eigenvalue weighted by Crippen LogP contribution is -2.32. The van der Waals surface area contributed by atoms with Crippen LogP contribution in [0.25, 0.3) is 0 Å². The van der Waals surface area contributed by atoms with Gasteiger partial charge in [0.25, 0.3) is 5.56 Å². The van der Waals surface area contributed by atoms with Gasteiger partial charge in [0.05, 0.1) is 12.2 Å². The lowest BCUT2D eigenvalue weighted by Gasteiger charge is -2.11. The topological polar surface area (TPSA) is 98.0 Å². The molecule has 1 aromatic heterocycles. The van der Waals surface area contributed by atoms with Crippen LogP contribution < -0.4 is 16.6 Å². The third-order valence-electron chi connectivity index (χ3n) is 2.68. The summed E-state index contributed by atoms with van der Waals surface area (Å²) in [5, 5.41) is 12.1. The van der Waals surface area contributed by atoms with Crippen molar-refractivity contribution in [1.29, 1.82) is 0 Å². The number of aromatic amines is 2. The summed E-state index contributed by atoms with van der Waals surface area (Å²) in [6, 6.07) is -0.0379. The fourth-order valence-corrected chi connectivity index (χ4v) is 1.89. The Balaban J connectivity index is 2.24. The number of aliphatic hydroxyl groups is 1. The average Bonchev–Trinajstić information content (AvgIpc) is 2.66. The van der Waals surface area contributed by atoms with Crippen LogP contribution in [-0.2, 0) is 0 Å². The van der Waals surface area contributed by atoms with E-state index < -0.39 is 5.69 Å². The van der Waals surface area contributed by atoms with E-state index in [1.54, 1.807) is 0 Å². The first-order valence-electron chi connectivity index (χ1n) is 4.89. The molecule has 0 bridgehead atoms. The average molecular weight is 211 g/mol. The maximum atomic E-state index is 11.4. The molecule has 0 unspecified atom stereocenters. The third kappa shape index (κ3) is 2.00. The number of aromatic nitrogens is 2. The lowest BCUT2D eigenvalue weighted by atomic mass is 10.1. The molecule has 0 amide bonds. The van der Waals surface area contributed by atoms with Gasteiger partial charge in [-0.25, -0.2) is 4.79 Å². The molecule has 6 heteroatoms. The summed E-state index contributed by atoms with van der Waals surface area (Å²) in [7, 11) is 0. The van der Waals surface area contributed by atoms with Crippen LogP contribution in [0.15, 0.2) is 15.8 Å². The fraction of sp³-hybridized carbons (Fsp3) is 0.556. The quantitative estimate of drug-likeness (QED) is 0.496. The molecule has 0 spiro atoms. The first-order valence-corrected chi connectivity index (χ1v) is 4.89. The molecule has 2 heterocycles. The molecule has 15 heavy (non-hydrogen) atoms. The van der Waals surface area contributed by atoms with Crippen LogP contribution in [0.4, 0.5) is 0 Å². The molecule has 2 atom stereocenters. The van der Waals surface area contributed by atoms with Gasteiger partial charge in [0.15, 0.2) is 0 Å². The van der Waals surface area contributed by atoms with Crippen molar-refractivity contribution in [2.24, 2.45) is 0 Å². The van der Waals surface area contributed by atoms with Gasteiger partial charge in [0, 0.05) is 18.3 Å². The normalized spacial score (nSPS) is 25.7. The Labute approximate surface area is 85.4 Å². The minimum atomic E-state index is -0.500. The third-order valence-corrected chi connectivity index (χ3v) is 2.68. The van der Waals surface area contributed by atoms with Crippen molar-refractivity contribution >= 4 is 0 Å². The maximum Gasteiger partial charge on any atom is 0.325 e. The van der Waals surface area contributed by atoms with Gasteiger partial charge in [-0.05, 0) is 12.8 Å². The second-order valence-corrected chi connectivity index (χ2v) is 3.70. The van der Waals surface area contributed by atoms with E-state index in [0.717, 1.165) is 12.8 Å². The second kappa shape index (κ2) is 4.00. The molecule has 82 valence electrons. The Morgan fingerprint density at radius 3 is 2.80 bits per heavy atom. The van der Waals surface area contributed by atoms with Crippen LogP contribution in [0.2, 0.25) is 0 Å². The van der Waals surface area contributed by atoms with E-state index in [-0.39, 0.29) is 24.2 Å². The zero-order valence-electron chi connectivity index (χ0n) is 8.12. The zero-order chi connectivity index (χ0) is 10.8. The van der Waals surface area contributed by atoms with Crippen molar-refractivity contribution in [1.82, 2.24) is 15.3 Å². The first-order chi connectivity index (χ1) is 7.20. The predicted octanol–water partition coefficient (Wildman–Crippen LogP) is -1.15. The summed E-state index contributed by atoms with van der Waals surface area (Å²) >= 11 is 0. The summed E-state index contributed by atoms with van der Waals surface area (Å²) in [5.74, 6) is 0. The van der Waals surface area contributed by atoms with Crippen molar-refractivity contribution in [2.75, 3.05) is 6.61 Å². The lowest BCUT2D eigenvalue weighted by molar-refractivity contribution is 0.251.